The van der Waals surface area contributed by atoms with E-state index in [9.17, 15) is 8.78 Å². The van der Waals surface area contributed by atoms with Gasteiger partial charge in [0.25, 0.3) is 6.43 Å². The zero-order valence-corrected chi connectivity index (χ0v) is 9.61. The highest BCUT2D eigenvalue weighted by atomic mass is 19.3. The van der Waals surface area contributed by atoms with Gasteiger partial charge >= 0.3 is 0 Å². The lowest BCUT2D eigenvalue weighted by Crippen LogP contribution is -2.32. The second-order valence-corrected chi connectivity index (χ2v) is 3.96. The van der Waals surface area contributed by atoms with E-state index in [-0.39, 0.29) is 6.42 Å². The quantitative estimate of drug-likeness (QED) is 0.888. The fourth-order valence-electron chi connectivity index (χ4n) is 1.93. The molecule has 0 amide bonds. The number of aromatic nitrogens is 2. The topological polar surface area (TPSA) is 43.8 Å². The average molecular weight is 239 g/mol. The van der Waals surface area contributed by atoms with Gasteiger partial charge in [0.1, 0.15) is 5.82 Å². The van der Waals surface area contributed by atoms with Crippen LogP contribution in [0.15, 0.2) is 24.3 Å². The van der Waals surface area contributed by atoms with Crippen molar-refractivity contribution < 1.29 is 8.78 Å². The third-order valence-electron chi connectivity index (χ3n) is 2.79. The number of imidazole rings is 1. The molecule has 1 atom stereocenters. The maximum Gasteiger partial charge on any atom is 0.253 e. The van der Waals surface area contributed by atoms with Crippen LogP contribution in [-0.2, 0) is 13.0 Å². The fraction of sp³-hybridized carbons (Fsp3) is 0.417. The van der Waals surface area contributed by atoms with Gasteiger partial charge in [0.05, 0.1) is 17.1 Å². The summed E-state index contributed by atoms with van der Waals surface area (Å²) in [5.41, 5.74) is 7.18. The molecular formula is C12H15F2N3. The molecule has 0 aliphatic carbocycles. The van der Waals surface area contributed by atoms with Gasteiger partial charge in [-0.1, -0.05) is 12.1 Å². The van der Waals surface area contributed by atoms with E-state index >= 15 is 0 Å². The summed E-state index contributed by atoms with van der Waals surface area (Å²) in [7, 11) is 0. The van der Waals surface area contributed by atoms with Crippen LogP contribution in [0.4, 0.5) is 8.78 Å². The molecular weight excluding hydrogens is 224 g/mol. The van der Waals surface area contributed by atoms with E-state index in [4.69, 9.17) is 5.73 Å². The lowest BCUT2D eigenvalue weighted by molar-refractivity contribution is 0.115. The molecule has 0 aliphatic heterocycles. The molecule has 0 saturated heterocycles. The molecule has 2 rings (SSSR count). The van der Waals surface area contributed by atoms with Gasteiger partial charge < -0.3 is 10.3 Å². The maximum atomic E-state index is 12.4. The van der Waals surface area contributed by atoms with Crippen molar-refractivity contribution in [1.29, 1.82) is 0 Å². The summed E-state index contributed by atoms with van der Waals surface area (Å²) < 4.78 is 26.8. The lowest BCUT2D eigenvalue weighted by atomic mass is 10.2. The van der Waals surface area contributed by atoms with Crippen LogP contribution in [0.25, 0.3) is 11.0 Å². The number of halogens is 2. The van der Waals surface area contributed by atoms with Crippen LogP contribution in [0.5, 0.6) is 0 Å². The molecule has 5 heteroatoms. The number of rotatable bonds is 4. The van der Waals surface area contributed by atoms with Gasteiger partial charge in [0, 0.05) is 13.0 Å². The first-order valence-corrected chi connectivity index (χ1v) is 5.61. The van der Waals surface area contributed by atoms with Crippen LogP contribution in [0, 0.1) is 0 Å². The minimum absolute atomic E-state index is 0.0974. The highest BCUT2D eigenvalue weighted by molar-refractivity contribution is 5.75. The predicted molar refractivity (Wildman–Crippen MR) is 63.1 cm³/mol. The van der Waals surface area contributed by atoms with E-state index < -0.39 is 12.5 Å². The minimum Gasteiger partial charge on any atom is -0.328 e. The average Bonchev–Trinajstić information content (AvgIpc) is 2.65. The Hall–Kier alpha value is -1.49. The number of nitrogens with zero attached hydrogens (tertiary/aromatic N) is 2. The van der Waals surface area contributed by atoms with Gasteiger partial charge in [-0.15, -0.1) is 0 Å². The molecule has 3 nitrogen and oxygen atoms in total. The number of para-hydroxylation sites is 2. The summed E-state index contributed by atoms with van der Waals surface area (Å²) >= 11 is 0. The zero-order valence-electron chi connectivity index (χ0n) is 9.61. The second-order valence-electron chi connectivity index (χ2n) is 3.96. The van der Waals surface area contributed by atoms with Crippen molar-refractivity contribution in [3.05, 3.63) is 30.1 Å². The van der Waals surface area contributed by atoms with Gasteiger partial charge in [-0.2, -0.15) is 0 Å². The number of fused-ring (bicyclic) bond motifs is 1. The highest BCUT2D eigenvalue weighted by Gasteiger charge is 2.19. The Morgan fingerprint density at radius 3 is 2.71 bits per heavy atom. The Balaban J connectivity index is 2.39. The Morgan fingerprint density at radius 2 is 2.06 bits per heavy atom. The number of benzene rings is 1. The van der Waals surface area contributed by atoms with Crippen LogP contribution in [-0.4, -0.2) is 22.0 Å². The molecule has 0 aliphatic rings. The molecule has 1 aromatic heterocycles. The van der Waals surface area contributed by atoms with E-state index in [0.717, 1.165) is 11.0 Å². The van der Waals surface area contributed by atoms with Crippen molar-refractivity contribution in [3.8, 4) is 0 Å². The zero-order chi connectivity index (χ0) is 12.4. The van der Waals surface area contributed by atoms with Gasteiger partial charge in [-0.25, -0.2) is 13.8 Å². The predicted octanol–water partition coefficient (Wildman–Crippen LogP) is 2.19. The van der Waals surface area contributed by atoms with Gasteiger partial charge in [0.15, 0.2) is 0 Å². The van der Waals surface area contributed by atoms with E-state index in [1.807, 2.05) is 35.8 Å². The summed E-state index contributed by atoms with van der Waals surface area (Å²) in [6.07, 6.45) is -2.42. The summed E-state index contributed by atoms with van der Waals surface area (Å²) in [6.45, 7) is 2.66. The molecule has 1 unspecified atom stereocenters. The highest BCUT2D eigenvalue weighted by Crippen LogP contribution is 2.17. The molecule has 0 spiro atoms. The maximum absolute atomic E-state index is 12.4. The third-order valence-corrected chi connectivity index (χ3v) is 2.79. The first kappa shape index (κ1) is 12.0. The monoisotopic (exact) mass is 239 g/mol. The third kappa shape index (κ3) is 2.29. The fourth-order valence-corrected chi connectivity index (χ4v) is 1.93. The van der Waals surface area contributed by atoms with E-state index in [0.29, 0.717) is 12.4 Å². The van der Waals surface area contributed by atoms with E-state index in [1.54, 1.807) is 0 Å². The number of hydrogen-bond acceptors (Lipinski definition) is 2. The molecule has 17 heavy (non-hydrogen) atoms. The van der Waals surface area contributed by atoms with E-state index in [2.05, 4.69) is 4.98 Å². The number of aryl methyl sites for hydroxylation is 1. The molecule has 2 N–H and O–H groups in total. The summed E-state index contributed by atoms with van der Waals surface area (Å²) in [5.74, 6) is 0.626. The molecule has 92 valence electrons. The Kier molecular flexibility index (Phi) is 3.38. The van der Waals surface area contributed by atoms with Crippen molar-refractivity contribution in [1.82, 2.24) is 9.55 Å². The minimum atomic E-state index is -2.51. The number of alkyl halides is 2. The summed E-state index contributed by atoms with van der Waals surface area (Å²) in [4.78, 5) is 4.36. The largest absolute Gasteiger partial charge is 0.328 e. The second kappa shape index (κ2) is 4.79. The molecule has 0 bridgehead atoms. The Labute approximate surface area is 98.2 Å². The van der Waals surface area contributed by atoms with Gasteiger partial charge in [-0.3, -0.25) is 0 Å². The van der Waals surface area contributed by atoms with Crippen molar-refractivity contribution >= 4 is 11.0 Å². The van der Waals surface area contributed by atoms with E-state index in [1.165, 1.54) is 0 Å². The molecule has 1 heterocycles. The van der Waals surface area contributed by atoms with Crippen molar-refractivity contribution in [2.75, 3.05) is 0 Å². The summed E-state index contributed by atoms with van der Waals surface area (Å²) in [5, 5.41) is 0. The van der Waals surface area contributed by atoms with Crippen LogP contribution < -0.4 is 5.73 Å². The number of nitrogens with two attached hydrogens (primary N) is 1. The van der Waals surface area contributed by atoms with Gasteiger partial charge in [0.2, 0.25) is 0 Å². The Bertz CT molecular complexity index is 507. The van der Waals surface area contributed by atoms with Crippen LogP contribution in [0.1, 0.15) is 12.7 Å². The van der Waals surface area contributed by atoms with Crippen LogP contribution >= 0.6 is 0 Å². The lowest BCUT2D eigenvalue weighted by Gasteiger charge is -2.11. The van der Waals surface area contributed by atoms with Crippen molar-refractivity contribution in [2.45, 2.75) is 32.4 Å². The molecule has 2 aromatic rings. The first-order valence-electron chi connectivity index (χ1n) is 5.61. The van der Waals surface area contributed by atoms with Gasteiger partial charge in [-0.05, 0) is 19.1 Å². The standard InChI is InChI=1S/C12H15F2N3/c1-2-17-10-6-4-3-5-9(10)16-11(17)7-8(15)12(13)14/h3-6,8,12H,2,7,15H2,1H3. The van der Waals surface area contributed by atoms with Crippen LogP contribution in [0.2, 0.25) is 0 Å². The number of hydrogen-bond donors (Lipinski definition) is 1. The summed E-state index contributed by atoms with van der Waals surface area (Å²) in [6, 6.07) is 6.44. The van der Waals surface area contributed by atoms with Crippen molar-refractivity contribution in [3.63, 3.8) is 0 Å². The molecule has 1 aromatic carbocycles. The molecule has 0 fully saturated rings. The Morgan fingerprint density at radius 1 is 1.35 bits per heavy atom. The normalized spacial score (nSPS) is 13.5. The smallest absolute Gasteiger partial charge is 0.253 e. The first-order chi connectivity index (χ1) is 8.13. The SMILES string of the molecule is CCn1c(CC(N)C(F)F)nc2ccccc21. The van der Waals surface area contributed by atoms with Crippen LogP contribution in [0.3, 0.4) is 0 Å². The molecule has 0 radical (unpaired) electrons. The van der Waals surface area contributed by atoms with Crippen molar-refractivity contribution in [2.24, 2.45) is 5.73 Å². The molecule has 0 saturated carbocycles.